The van der Waals surface area contributed by atoms with E-state index in [0.717, 1.165) is 20.1 Å². The predicted molar refractivity (Wildman–Crippen MR) is 172 cm³/mol. The Bertz CT molecular complexity index is 1540. The number of ether oxygens (including phenoxy) is 6. The largest absolute Gasteiger partial charge is 0.489 e. The fraction of sp³-hybridized carbons (Fsp3) is 0.455. The summed E-state index contributed by atoms with van der Waals surface area (Å²) in [7, 11) is 0. The molecule has 0 radical (unpaired) electrons. The molecule has 0 bridgehead atoms. The van der Waals surface area contributed by atoms with Gasteiger partial charge in [-0.3, -0.25) is 0 Å². The van der Waals surface area contributed by atoms with Crippen molar-refractivity contribution in [2.24, 2.45) is 0 Å². The molecule has 13 nitrogen and oxygen atoms in total. The summed E-state index contributed by atoms with van der Waals surface area (Å²) < 4.78 is 37.8. The SMILES string of the molecule is OCC1OC(OC2C(CO)OC3(OCc4cc(OCc5ccc(Br)cc5)cc(OCc5ccc(Br)cc5)c43)C(O)C2O)C(O)C(O)C1O. The Balaban J connectivity index is 1.30. The summed E-state index contributed by atoms with van der Waals surface area (Å²) in [6.07, 6.45) is -14.6. The molecule has 10 unspecified atom stereocenters. The molecule has 2 fully saturated rings. The summed E-state index contributed by atoms with van der Waals surface area (Å²) >= 11 is 6.85. The van der Waals surface area contributed by atoms with Crippen LogP contribution in [0.15, 0.2) is 69.6 Å². The van der Waals surface area contributed by atoms with Crippen molar-refractivity contribution in [2.75, 3.05) is 13.2 Å². The Morgan fingerprint density at radius 1 is 0.729 bits per heavy atom. The standard InChI is InChI=1S/C33H36Br2O13/c34-19-5-1-16(2-6-19)13-43-21-9-18-15-45-33(25(18)22(10-21)44-14-17-3-7-20(35)8-4-17)31(42)29(41)30(24(12-37)48-33)47-32-28(40)27(39)26(38)23(11-36)46-32/h1-10,23-24,26-32,36-42H,11-15H2. The Labute approximate surface area is 292 Å². The molecule has 1 spiro atoms. The van der Waals surface area contributed by atoms with Crippen LogP contribution in [0.1, 0.15) is 22.3 Å². The summed E-state index contributed by atoms with van der Waals surface area (Å²) in [5.41, 5.74) is 2.60. The molecule has 3 heterocycles. The minimum absolute atomic E-state index is 0.0698. The summed E-state index contributed by atoms with van der Waals surface area (Å²) in [4.78, 5) is 0. The third-order valence-corrected chi connectivity index (χ3v) is 9.69. The Morgan fingerprint density at radius 3 is 1.94 bits per heavy atom. The summed E-state index contributed by atoms with van der Waals surface area (Å²) in [5.74, 6) is -1.32. The molecule has 0 saturated carbocycles. The van der Waals surface area contributed by atoms with Crippen molar-refractivity contribution in [1.82, 2.24) is 0 Å². The Kier molecular flexibility index (Phi) is 11.1. The van der Waals surface area contributed by atoms with E-state index < -0.39 is 74.1 Å². The molecular weight excluding hydrogens is 764 g/mol. The first kappa shape index (κ1) is 35.6. The van der Waals surface area contributed by atoms with Crippen LogP contribution in [0.3, 0.4) is 0 Å². The van der Waals surface area contributed by atoms with Gasteiger partial charge >= 0.3 is 0 Å². The van der Waals surface area contributed by atoms with Crippen LogP contribution in [0, 0.1) is 0 Å². The number of halogens is 2. The van der Waals surface area contributed by atoms with Crippen LogP contribution in [0.25, 0.3) is 0 Å². The quantitative estimate of drug-likeness (QED) is 0.156. The fourth-order valence-electron chi connectivity index (χ4n) is 6.05. The molecular formula is C33H36Br2O13. The van der Waals surface area contributed by atoms with Crippen LogP contribution in [0.5, 0.6) is 11.5 Å². The zero-order chi connectivity index (χ0) is 34.2. The smallest absolute Gasteiger partial charge is 0.229 e. The maximum Gasteiger partial charge on any atom is 0.229 e. The molecule has 3 aromatic rings. The van der Waals surface area contributed by atoms with Crippen LogP contribution in [0.4, 0.5) is 0 Å². The van der Waals surface area contributed by atoms with Crippen molar-refractivity contribution in [3.8, 4) is 11.5 Å². The van der Waals surface area contributed by atoms with Gasteiger partial charge in [0.25, 0.3) is 0 Å². The van der Waals surface area contributed by atoms with Crippen LogP contribution in [-0.4, -0.2) is 104 Å². The highest BCUT2D eigenvalue weighted by molar-refractivity contribution is 9.10. The van der Waals surface area contributed by atoms with Gasteiger partial charge in [-0.25, -0.2) is 0 Å². The molecule has 0 amide bonds. The van der Waals surface area contributed by atoms with E-state index in [4.69, 9.17) is 28.4 Å². The van der Waals surface area contributed by atoms with Gasteiger partial charge in [-0.1, -0.05) is 56.1 Å². The molecule has 0 aromatic heterocycles. The van der Waals surface area contributed by atoms with Gasteiger partial charge in [-0.05, 0) is 47.0 Å². The number of aliphatic hydroxyl groups is 7. The average molecular weight is 800 g/mol. The molecule has 0 aliphatic carbocycles. The van der Waals surface area contributed by atoms with Gasteiger partial charge in [-0.15, -0.1) is 0 Å². The summed E-state index contributed by atoms with van der Waals surface area (Å²) in [6.45, 7) is -1.12. The first-order valence-corrected chi connectivity index (χ1v) is 16.8. The van der Waals surface area contributed by atoms with Gasteiger partial charge < -0.3 is 64.2 Å². The maximum absolute atomic E-state index is 11.6. The van der Waals surface area contributed by atoms with Crippen LogP contribution < -0.4 is 9.47 Å². The molecule has 48 heavy (non-hydrogen) atoms. The van der Waals surface area contributed by atoms with Gasteiger partial charge in [0, 0.05) is 15.0 Å². The molecule has 3 aliphatic rings. The van der Waals surface area contributed by atoms with Gasteiger partial charge in [-0.2, -0.15) is 0 Å². The molecule has 2 saturated heterocycles. The Hall–Kier alpha value is -2.22. The molecule has 3 aromatic carbocycles. The van der Waals surface area contributed by atoms with Gasteiger partial charge in [0.1, 0.15) is 73.5 Å². The van der Waals surface area contributed by atoms with Crippen molar-refractivity contribution >= 4 is 31.9 Å². The van der Waals surface area contributed by atoms with Crippen molar-refractivity contribution in [3.05, 3.63) is 91.9 Å². The average Bonchev–Trinajstić information content (AvgIpc) is 3.46. The highest BCUT2D eigenvalue weighted by atomic mass is 79.9. The van der Waals surface area contributed by atoms with E-state index in [1.54, 1.807) is 12.1 Å². The third kappa shape index (κ3) is 7.03. The highest BCUT2D eigenvalue weighted by Gasteiger charge is 2.61. The lowest BCUT2D eigenvalue weighted by Crippen LogP contribution is -2.67. The van der Waals surface area contributed by atoms with Crippen molar-refractivity contribution in [1.29, 1.82) is 0 Å². The van der Waals surface area contributed by atoms with Gasteiger partial charge in [0.05, 0.1) is 25.4 Å². The molecule has 260 valence electrons. The minimum atomic E-state index is -2.02. The molecule has 10 atom stereocenters. The lowest BCUT2D eigenvalue weighted by molar-refractivity contribution is -0.395. The van der Waals surface area contributed by atoms with Crippen molar-refractivity contribution in [2.45, 2.75) is 80.7 Å². The van der Waals surface area contributed by atoms with E-state index in [0.29, 0.717) is 11.3 Å². The third-order valence-electron chi connectivity index (χ3n) is 8.64. The van der Waals surface area contributed by atoms with Crippen LogP contribution in [-0.2, 0) is 44.6 Å². The molecule has 3 aliphatic heterocycles. The van der Waals surface area contributed by atoms with E-state index in [2.05, 4.69) is 31.9 Å². The number of fused-ring (bicyclic) bond motifs is 2. The maximum atomic E-state index is 11.6. The lowest BCUT2D eigenvalue weighted by atomic mass is 9.86. The van der Waals surface area contributed by atoms with E-state index in [1.165, 1.54) is 0 Å². The lowest BCUT2D eigenvalue weighted by Gasteiger charge is -2.49. The van der Waals surface area contributed by atoms with E-state index in [-0.39, 0.29) is 31.1 Å². The van der Waals surface area contributed by atoms with Crippen molar-refractivity contribution < 1.29 is 64.2 Å². The number of benzene rings is 3. The number of hydrogen-bond acceptors (Lipinski definition) is 13. The number of hydrogen-bond donors (Lipinski definition) is 7. The Morgan fingerprint density at radius 2 is 1.33 bits per heavy atom. The summed E-state index contributed by atoms with van der Waals surface area (Å²) in [6, 6.07) is 18.5. The molecule has 7 N–H and O–H groups in total. The van der Waals surface area contributed by atoms with E-state index in [1.807, 2.05) is 48.5 Å². The predicted octanol–water partition coefficient (Wildman–Crippen LogP) is 1.35. The zero-order valence-corrected chi connectivity index (χ0v) is 28.5. The van der Waals surface area contributed by atoms with Crippen molar-refractivity contribution in [3.63, 3.8) is 0 Å². The second-order valence-electron chi connectivity index (χ2n) is 11.8. The monoisotopic (exact) mass is 798 g/mol. The normalized spacial score (nSPS) is 33.1. The van der Waals surface area contributed by atoms with E-state index in [9.17, 15) is 35.7 Å². The molecule has 6 rings (SSSR count). The van der Waals surface area contributed by atoms with Crippen LogP contribution in [0.2, 0.25) is 0 Å². The molecule has 15 heteroatoms. The van der Waals surface area contributed by atoms with Gasteiger partial charge in [0.2, 0.25) is 5.79 Å². The first-order chi connectivity index (χ1) is 23.0. The zero-order valence-electron chi connectivity index (χ0n) is 25.3. The van der Waals surface area contributed by atoms with E-state index >= 15 is 0 Å². The fourth-order valence-corrected chi connectivity index (χ4v) is 6.58. The second-order valence-corrected chi connectivity index (χ2v) is 13.6. The topological polar surface area (TPSA) is 197 Å². The first-order valence-electron chi connectivity index (χ1n) is 15.2. The second kappa shape index (κ2) is 14.9. The van der Waals surface area contributed by atoms with Gasteiger partial charge in [0.15, 0.2) is 6.29 Å². The minimum Gasteiger partial charge on any atom is -0.489 e. The number of aliphatic hydroxyl groups excluding tert-OH is 7. The summed E-state index contributed by atoms with van der Waals surface area (Å²) in [5, 5.41) is 73.9. The number of rotatable bonds is 10. The van der Waals surface area contributed by atoms with Crippen LogP contribution >= 0.6 is 31.9 Å². The highest BCUT2D eigenvalue weighted by Crippen LogP contribution is 2.51.